The van der Waals surface area contributed by atoms with E-state index in [-0.39, 0.29) is 11.8 Å². The zero-order valence-corrected chi connectivity index (χ0v) is 21.1. The standard InChI is InChI=1S/C28H30N8O/c1-17(2)10-26(37)32-19-11-18(14-29-15-19)23-12-20-25(16-31-23)34-35-27(20)24-13-21-22(33-24)6-7-30-28(21)36-8-4-3-5-9-36/h6-7,11-17,33H,3-5,8-10H2,1-2H3,(H,32,37)(H,34,35). The number of amides is 1. The molecular formula is C28H30N8O. The Morgan fingerprint density at radius 3 is 2.73 bits per heavy atom. The first kappa shape index (κ1) is 23.1. The number of piperidine rings is 1. The van der Waals surface area contributed by atoms with Gasteiger partial charge >= 0.3 is 0 Å². The van der Waals surface area contributed by atoms with Crippen LogP contribution in [0.4, 0.5) is 11.5 Å². The number of H-pyrrole nitrogens is 2. The lowest BCUT2D eigenvalue weighted by atomic mass is 10.1. The van der Waals surface area contributed by atoms with Crippen LogP contribution in [-0.2, 0) is 4.79 Å². The van der Waals surface area contributed by atoms with Crippen LogP contribution in [0.25, 0.3) is 44.5 Å². The maximum atomic E-state index is 12.2. The predicted octanol–water partition coefficient (Wildman–Crippen LogP) is 5.54. The number of anilines is 2. The van der Waals surface area contributed by atoms with Gasteiger partial charge in [-0.05, 0) is 49.4 Å². The van der Waals surface area contributed by atoms with Crippen molar-refractivity contribution in [1.82, 2.24) is 30.1 Å². The smallest absolute Gasteiger partial charge is 0.224 e. The summed E-state index contributed by atoms with van der Waals surface area (Å²) in [5.41, 5.74) is 5.89. The molecular weight excluding hydrogens is 464 g/mol. The van der Waals surface area contributed by atoms with E-state index in [2.05, 4.69) is 41.4 Å². The van der Waals surface area contributed by atoms with Crippen molar-refractivity contribution in [3.05, 3.63) is 49.1 Å². The van der Waals surface area contributed by atoms with E-state index in [4.69, 9.17) is 4.98 Å². The molecule has 9 heteroatoms. The monoisotopic (exact) mass is 494 g/mol. The van der Waals surface area contributed by atoms with Gasteiger partial charge < -0.3 is 15.2 Å². The number of nitrogens with zero attached hydrogens (tertiary/aromatic N) is 5. The molecule has 0 atom stereocenters. The minimum Gasteiger partial charge on any atom is -0.356 e. The van der Waals surface area contributed by atoms with Crippen molar-refractivity contribution in [1.29, 1.82) is 0 Å². The SMILES string of the molecule is CC(C)CC(=O)Nc1cncc(-c2cc3c(-c4cc5c(N6CCCCC6)nccc5[nH]4)n[nH]c3cn2)c1. The second kappa shape index (κ2) is 9.65. The van der Waals surface area contributed by atoms with Crippen molar-refractivity contribution in [2.45, 2.75) is 39.5 Å². The third-order valence-corrected chi connectivity index (χ3v) is 6.80. The van der Waals surface area contributed by atoms with E-state index >= 15 is 0 Å². The predicted molar refractivity (Wildman–Crippen MR) is 146 cm³/mol. The number of nitrogens with one attached hydrogen (secondary N) is 3. The molecule has 188 valence electrons. The Morgan fingerprint density at radius 2 is 1.89 bits per heavy atom. The van der Waals surface area contributed by atoms with Gasteiger partial charge in [0.1, 0.15) is 11.5 Å². The Morgan fingerprint density at radius 1 is 1.03 bits per heavy atom. The number of hydrogen-bond acceptors (Lipinski definition) is 6. The highest BCUT2D eigenvalue weighted by Gasteiger charge is 2.19. The van der Waals surface area contributed by atoms with Crippen LogP contribution in [0.5, 0.6) is 0 Å². The number of aromatic nitrogens is 6. The molecule has 0 spiro atoms. The molecule has 1 aliphatic heterocycles. The quantitative estimate of drug-likeness (QED) is 0.286. The molecule has 0 bridgehead atoms. The number of carbonyl (C=O) groups excluding carboxylic acids is 1. The Kier molecular flexibility index (Phi) is 6.04. The van der Waals surface area contributed by atoms with Crippen molar-refractivity contribution in [3.8, 4) is 22.6 Å². The van der Waals surface area contributed by atoms with E-state index in [0.29, 0.717) is 12.1 Å². The fourth-order valence-corrected chi connectivity index (χ4v) is 5.04. The number of hydrogen-bond donors (Lipinski definition) is 3. The van der Waals surface area contributed by atoms with Gasteiger partial charge in [-0.25, -0.2) is 4.98 Å². The van der Waals surface area contributed by atoms with E-state index in [1.54, 1.807) is 18.6 Å². The first-order valence-corrected chi connectivity index (χ1v) is 12.9. The summed E-state index contributed by atoms with van der Waals surface area (Å²) in [4.78, 5) is 31.8. The molecule has 3 N–H and O–H groups in total. The molecule has 0 aromatic carbocycles. The summed E-state index contributed by atoms with van der Waals surface area (Å²) >= 11 is 0. The van der Waals surface area contributed by atoms with Crippen molar-refractivity contribution in [2.24, 2.45) is 5.92 Å². The molecule has 6 heterocycles. The molecule has 9 nitrogen and oxygen atoms in total. The van der Waals surface area contributed by atoms with Crippen molar-refractivity contribution in [2.75, 3.05) is 23.3 Å². The topological polar surface area (TPSA) is 115 Å². The molecule has 1 aliphatic rings. The van der Waals surface area contributed by atoms with E-state index < -0.39 is 0 Å². The normalized spacial score (nSPS) is 14.1. The highest BCUT2D eigenvalue weighted by atomic mass is 16.1. The van der Waals surface area contributed by atoms with Gasteiger partial charge in [-0.15, -0.1) is 0 Å². The highest BCUT2D eigenvalue weighted by Crippen LogP contribution is 2.34. The molecule has 0 saturated carbocycles. The van der Waals surface area contributed by atoms with Crippen LogP contribution in [-0.4, -0.2) is 49.1 Å². The molecule has 0 unspecified atom stereocenters. The maximum absolute atomic E-state index is 12.2. The van der Waals surface area contributed by atoms with Gasteiger partial charge in [-0.1, -0.05) is 13.8 Å². The molecule has 5 aromatic rings. The number of aromatic amines is 2. The van der Waals surface area contributed by atoms with Gasteiger partial charge in [0.15, 0.2) is 0 Å². The van der Waals surface area contributed by atoms with Gasteiger partial charge in [0.05, 0.1) is 40.5 Å². The summed E-state index contributed by atoms with van der Waals surface area (Å²) in [6, 6.07) is 8.08. The first-order valence-electron chi connectivity index (χ1n) is 12.9. The second-order valence-corrected chi connectivity index (χ2v) is 10.1. The third kappa shape index (κ3) is 4.64. The van der Waals surface area contributed by atoms with E-state index in [9.17, 15) is 4.79 Å². The third-order valence-electron chi connectivity index (χ3n) is 6.80. The minimum absolute atomic E-state index is 0.0216. The Balaban J connectivity index is 1.35. The van der Waals surface area contributed by atoms with Gasteiger partial charge in [-0.3, -0.25) is 19.9 Å². The molecule has 1 saturated heterocycles. The summed E-state index contributed by atoms with van der Waals surface area (Å²) in [5.74, 6) is 1.30. The summed E-state index contributed by atoms with van der Waals surface area (Å²) in [5, 5.41) is 12.7. The van der Waals surface area contributed by atoms with E-state index in [1.165, 1.54) is 19.3 Å². The molecule has 5 aromatic heterocycles. The summed E-state index contributed by atoms with van der Waals surface area (Å²) in [6.45, 7) is 6.12. The molecule has 0 aliphatic carbocycles. The van der Waals surface area contributed by atoms with Crippen LogP contribution in [0.3, 0.4) is 0 Å². The maximum Gasteiger partial charge on any atom is 0.224 e. The van der Waals surface area contributed by atoms with Crippen molar-refractivity contribution < 1.29 is 4.79 Å². The van der Waals surface area contributed by atoms with Crippen molar-refractivity contribution >= 4 is 39.2 Å². The number of rotatable bonds is 6. The lowest BCUT2D eigenvalue weighted by Crippen LogP contribution is -2.30. The zero-order valence-electron chi connectivity index (χ0n) is 21.1. The Bertz CT molecular complexity index is 1580. The minimum atomic E-state index is -0.0216. The largest absolute Gasteiger partial charge is 0.356 e. The number of carbonyl (C=O) groups is 1. The zero-order chi connectivity index (χ0) is 25.4. The fraction of sp³-hybridized carbons (Fsp3) is 0.321. The highest BCUT2D eigenvalue weighted by molar-refractivity contribution is 5.99. The summed E-state index contributed by atoms with van der Waals surface area (Å²) in [6.07, 6.45) is 11.2. The van der Waals surface area contributed by atoms with Crippen LogP contribution in [0, 0.1) is 5.92 Å². The summed E-state index contributed by atoms with van der Waals surface area (Å²) < 4.78 is 0. The van der Waals surface area contributed by atoms with Gasteiger partial charge in [0.2, 0.25) is 5.91 Å². The van der Waals surface area contributed by atoms with E-state index in [0.717, 1.165) is 63.4 Å². The Labute approximate surface area is 214 Å². The molecule has 6 rings (SSSR count). The van der Waals surface area contributed by atoms with Gasteiger partial charge in [0.25, 0.3) is 0 Å². The molecule has 1 amide bonds. The molecule has 0 radical (unpaired) electrons. The van der Waals surface area contributed by atoms with Crippen LogP contribution in [0.15, 0.2) is 49.1 Å². The average Bonchev–Trinajstić information content (AvgIpc) is 3.52. The second-order valence-electron chi connectivity index (χ2n) is 10.1. The first-order chi connectivity index (χ1) is 18.0. The molecule has 1 fully saturated rings. The van der Waals surface area contributed by atoms with Crippen LogP contribution >= 0.6 is 0 Å². The van der Waals surface area contributed by atoms with Crippen LogP contribution in [0.1, 0.15) is 39.5 Å². The van der Waals surface area contributed by atoms with Gasteiger partial charge in [0, 0.05) is 48.2 Å². The fourth-order valence-electron chi connectivity index (χ4n) is 5.04. The lowest BCUT2D eigenvalue weighted by Gasteiger charge is -2.28. The van der Waals surface area contributed by atoms with Gasteiger partial charge in [-0.2, -0.15) is 5.10 Å². The number of fused-ring (bicyclic) bond motifs is 2. The summed E-state index contributed by atoms with van der Waals surface area (Å²) in [7, 11) is 0. The Hall–Kier alpha value is -4.27. The lowest BCUT2D eigenvalue weighted by molar-refractivity contribution is -0.116. The number of pyridine rings is 3. The molecule has 37 heavy (non-hydrogen) atoms. The average molecular weight is 495 g/mol. The van der Waals surface area contributed by atoms with Crippen molar-refractivity contribution in [3.63, 3.8) is 0 Å². The van der Waals surface area contributed by atoms with E-state index in [1.807, 2.05) is 38.2 Å². The van der Waals surface area contributed by atoms with Crippen LogP contribution in [0.2, 0.25) is 0 Å². The van der Waals surface area contributed by atoms with Crippen LogP contribution < -0.4 is 10.2 Å².